The first-order valence-electron chi connectivity index (χ1n) is 31.8. The van der Waals surface area contributed by atoms with E-state index in [1.54, 1.807) is 0 Å². The normalized spacial score (nSPS) is 11.6. The Hall–Kier alpha value is -12.8. The van der Waals surface area contributed by atoms with Gasteiger partial charge in [0.2, 0.25) is 0 Å². The van der Waals surface area contributed by atoms with Crippen LogP contribution in [0.4, 0.5) is 0 Å². The standard InChI is InChI=1S/C46H30N4.C40H26N4/c1-4-14-31(15-5-1)32-24-27-36(28-25-32)49-40-22-12-10-20-37(40)39-30-34(26-29-42(39)49)43-45-44(48-46(47-43)33-16-6-2-7-17-33)38-21-11-13-23-41(38)50(45)35-18-8-3-9-19-35;1-4-14-27(15-5-1)40-41-37(39-38(42-40)33-21-11-13-23-35(33)44(39)30-18-8-3-9-19-30)28-24-25-32-31-20-10-12-22-34(31)43(36(32)26-28)29-16-6-2-7-17-29/h1-30H;1-26H. The van der Waals surface area contributed by atoms with E-state index >= 15 is 0 Å². The van der Waals surface area contributed by atoms with Crippen LogP contribution in [0, 0.1) is 0 Å². The molecule has 0 aliphatic rings. The van der Waals surface area contributed by atoms with Crippen molar-refractivity contribution < 1.29 is 0 Å². The SMILES string of the molecule is c1ccc(-c2ccc(-n3c4ccccc4c4cc(-c5nc(-c6ccccc6)nc6c7ccccc7n(-c7ccccc7)c56)ccc43)cc2)cc1.c1ccc(-c2nc(-c3ccc4c5ccccc5n(-c5ccccc5)c4c3)c3c(n2)c2ccccc2n3-c2ccccc2)cc1. The Balaban J connectivity index is 0.000000139. The van der Waals surface area contributed by atoms with Crippen LogP contribution in [0.2, 0.25) is 0 Å². The fourth-order valence-electron chi connectivity index (χ4n) is 14.0. The van der Waals surface area contributed by atoms with Gasteiger partial charge < -0.3 is 18.3 Å². The molecule has 8 nitrogen and oxygen atoms in total. The van der Waals surface area contributed by atoms with Gasteiger partial charge in [-0.15, -0.1) is 0 Å². The maximum Gasteiger partial charge on any atom is 0.160 e. The van der Waals surface area contributed by atoms with Gasteiger partial charge in [-0.2, -0.15) is 0 Å². The molecule has 0 unspecified atom stereocenters. The van der Waals surface area contributed by atoms with E-state index in [2.05, 4.69) is 322 Å². The van der Waals surface area contributed by atoms with E-state index in [9.17, 15) is 0 Å². The summed E-state index contributed by atoms with van der Waals surface area (Å²) in [5, 5.41) is 7.03. The van der Waals surface area contributed by atoms with Crippen LogP contribution < -0.4 is 0 Å². The Kier molecular flexibility index (Phi) is 13.0. The molecule has 6 aromatic heterocycles. The maximum absolute atomic E-state index is 5.37. The molecule has 6 heterocycles. The molecular weight excluding hydrogens is 1150 g/mol. The lowest BCUT2D eigenvalue weighted by Crippen LogP contribution is -2.00. The van der Waals surface area contributed by atoms with E-state index in [1.165, 1.54) is 43.7 Å². The molecule has 13 aromatic carbocycles. The van der Waals surface area contributed by atoms with Gasteiger partial charge in [0.15, 0.2) is 11.6 Å². The topological polar surface area (TPSA) is 71.3 Å². The highest BCUT2D eigenvalue weighted by Crippen LogP contribution is 2.43. The van der Waals surface area contributed by atoms with E-state index < -0.39 is 0 Å². The summed E-state index contributed by atoms with van der Waals surface area (Å²) in [6.45, 7) is 0. The smallest absolute Gasteiger partial charge is 0.160 e. The molecule has 0 aliphatic heterocycles. The van der Waals surface area contributed by atoms with Gasteiger partial charge in [0, 0.05) is 77.3 Å². The van der Waals surface area contributed by atoms with Crippen molar-refractivity contribution in [3.05, 3.63) is 340 Å². The van der Waals surface area contributed by atoms with Crippen molar-refractivity contribution in [3.8, 4) is 79.2 Å². The highest BCUT2D eigenvalue weighted by Gasteiger charge is 2.25. The highest BCUT2D eigenvalue weighted by atomic mass is 15.1. The maximum atomic E-state index is 5.37. The fraction of sp³-hybridized carbons (Fsp3) is 0. The molecule has 0 fully saturated rings. The number of hydrogen-bond donors (Lipinski definition) is 0. The molecule has 94 heavy (non-hydrogen) atoms. The molecule has 0 N–H and O–H groups in total. The predicted octanol–water partition coefficient (Wildman–Crippen LogP) is 21.7. The Morgan fingerprint density at radius 1 is 0.181 bits per heavy atom. The zero-order chi connectivity index (χ0) is 62.1. The van der Waals surface area contributed by atoms with E-state index in [0.29, 0.717) is 11.6 Å². The van der Waals surface area contributed by atoms with E-state index in [-0.39, 0.29) is 0 Å². The number of benzene rings is 13. The number of para-hydroxylation sites is 7. The Morgan fingerprint density at radius 3 is 0.968 bits per heavy atom. The van der Waals surface area contributed by atoms with Crippen molar-refractivity contribution in [1.29, 1.82) is 0 Å². The lowest BCUT2D eigenvalue weighted by Gasteiger charge is -2.13. The van der Waals surface area contributed by atoms with Gasteiger partial charge in [0.05, 0.1) is 55.5 Å². The van der Waals surface area contributed by atoms with Gasteiger partial charge in [-0.25, -0.2) is 19.9 Å². The van der Waals surface area contributed by atoms with Crippen LogP contribution in [0.25, 0.3) is 167 Å². The van der Waals surface area contributed by atoms with E-state index in [0.717, 1.165) is 111 Å². The second-order valence-corrected chi connectivity index (χ2v) is 23.7. The van der Waals surface area contributed by atoms with Crippen LogP contribution in [0.1, 0.15) is 0 Å². The minimum Gasteiger partial charge on any atom is -0.309 e. The summed E-state index contributed by atoms with van der Waals surface area (Å²) in [7, 11) is 0. The molecule has 440 valence electrons. The summed E-state index contributed by atoms with van der Waals surface area (Å²) in [4.78, 5) is 21.2. The molecule has 19 rings (SSSR count). The molecule has 0 aliphatic carbocycles. The van der Waals surface area contributed by atoms with Crippen molar-refractivity contribution in [3.63, 3.8) is 0 Å². The molecule has 8 heteroatoms. The van der Waals surface area contributed by atoms with Crippen molar-refractivity contribution in [2.45, 2.75) is 0 Å². The van der Waals surface area contributed by atoms with Crippen LogP contribution in [-0.2, 0) is 0 Å². The highest BCUT2D eigenvalue weighted by molar-refractivity contribution is 6.16. The number of hydrogen-bond acceptors (Lipinski definition) is 4. The van der Waals surface area contributed by atoms with Gasteiger partial charge in [-0.1, -0.05) is 249 Å². The van der Waals surface area contributed by atoms with Crippen LogP contribution in [0.5, 0.6) is 0 Å². The zero-order valence-electron chi connectivity index (χ0n) is 50.9. The van der Waals surface area contributed by atoms with E-state index in [1.807, 2.05) is 36.4 Å². The van der Waals surface area contributed by atoms with Crippen LogP contribution >= 0.6 is 0 Å². The second kappa shape index (κ2) is 22.6. The molecule has 0 saturated carbocycles. The monoisotopic (exact) mass is 1200 g/mol. The zero-order valence-corrected chi connectivity index (χ0v) is 50.9. The first kappa shape index (κ1) is 54.2. The first-order chi connectivity index (χ1) is 46.7. The summed E-state index contributed by atoms with van der Waals surface area (Å²) in [5.74, 6) is 1.43. The number of nitrogens with zero attached hydrogens (tertiary/aromatic N) is 8. The quantitative estimate of drug-likeness (QED) is 0.144. The molecule has 0 saturated heterocycles. The van der Waals surface area contributed by atoms with E-state index in [4.69, 9.17) is 19.9 Å². The van der Waals surface area contributed by atoms with Crippen molar-refractivity contribution in [2.75, 3.05) is 0 Å². The van der Waals surface area contributed by atoms with Gasteiger partial charge in [0.25, 0.3) is 0 Å². The molecule has 0 bridgehead atoms. The molecular formula is C86H56N8. The number of aromatic nitrogens is 8. The third-order valence-corrected chi connectivity index (χ3v) is 18.2. The minimum absolute atomic E-state index is 0.713. The summed E-state index contributed by atoms with van der Waals surface area (Å²) in [5.41, 5.74) is 23.4. The lowest BCUT2D eigenvalue weighted by molar-refractivity contribution is 1.15. The average molecular weight is 1200 g/mol. The third kappa shape index (κ3) is 9.07. The molecule has 19 aromatic rings. The Labute approximate surface area is 541 Å². The lowest BCUT2D eigenvalue weighted by atomic mass is 10.0. The fourth-order valence-corrected chi connectivity index (χ4v) is 14.0. The largest absolute Gasteiger partial charge is 0.309 e. The molecule has 0 amide bonds. The summed E-state index contributed by atoms with van der Waals surface area (Å²) in [6.07, 6.45) is 0. The van der Waals surface area contributed by atoms with Crippen LogP contribution in [-0.4, -0.2) is 38.2 Å². The summed E-state index contributed by atoms with van der Waals surface area (Å²) < 4.78 is 9.36. The van der Waals surface area contributed by atoms with Crippen LogP contribution in [0.15, 0.2) is 340 Å². The van der Waals surface area contributed by atoms with Gasteiger partial charge in [0.1, 0.15) is 11.0 Å². The first-order valence-corrected chi connectivity index (χ1v) is 31.8. The Bertz CT molecular complexity index is 6060. The Morgan fingerprint density at radius 2 is 0.489 bits per heavy atom. The van der Waals surface area contributed by atoms with Gasteiger partial charge >= 0.3 is 0 Å². The predicted molar refractivity (Wildman–Crippen MR) is 389 cm³/mol. The second-order valence-electron chi connectivity index (χ2n) is 23.7. The summed E-state index contributed by atoms with van der Waals surface area (Å²) in [6, 6.07) is 120. The summed E-state index contributed by atoms with van der Waals surface area (Å²) >= 11 is 0. The third-order valence-electron chi connectivity index (χ3n) is 18.2. The number of rotatable bonds is 9. The molecule has 0 spiro atoms. The van der Waals surface area contributed by atoms with Gasteiger partial charge in [-0.05, 0) is 102 Å². The van der Waals surface area contributed by atoms with Gasteiger partial charge in [-0.3, -0.25) is 0 Å². The number of fused-ring (bicyclic) bond motifs is 12. The van der Waals surface area contributed by atoms with Crippen molar-refractivity contribution >= 4 is 87.5 Å². The minimum atomic E-state index is 0.713. The molecule has 0 atom stereocenters. The van der Waals surface area contributed by atoms with Crippen molar-refractivity contribution in [2.24, 2.45) is 0 Å². The van der Waals surface area contributed by atoms with Crippen LogP contribution in [0.3, 0.4) is 0 Å². The average Bonchev–Trinajstić information content (AvgIpc) is 1.56. The van der Waals surface area contributed by atoms with Crippen molar-refractivity contribution in [1.82, 2.24) is 38.2 Å². The molecule has 0 radical (unpaired) electrons.